The molecule has 0 aromatic carbocycles. The van der Waals surface area contributed by atoms with Crippen LogP contribution in [0.25, 0.3) is 0 Å². The van der Waals surface area contributed by atoms with Crippen molar-refractivity contribution in [3.8, 4) is 0 Å². The van der Waals surface area contributed by atoms with Crippen molar-refractivity contribution in [1.29, 1.82) is 0 Å². The fourth-order valence-electron chi connectivity index (χ4n) is 1.61. The van der Waals surface area contributed by atoms with Crippen molar-refractivity contribution in [2.75, 3.05) is 23.0 Å². The zero-order chi connectivity index (χ0) is 15.4. The molecule has 1 saturated heterocycles. The van der Waals surface area contributed by atoms with Crippen molar-refractivity contribution < 1.29 is 29.4 Å². The summed E-state index contributed by atoms with van der Waals surface area (Å²) in [6.07, 6.45) is 0.262. The number of hydrogen-bond acceptors (Lipinski definition) is 7. The van der Waals surface area contributed by atoms with Crippen LogP contribution in [0.5, 0.6) is 0 Å². The minimum atomic E-state index is -3.51. The second-order valence-electron chi connectivity index (χ2n) is 4.20. The highest BCUT2D eigenvalue weighted by molar-refractivity contribution is 7.92. The summed E-state index contributed by atoms with van der Waals surface area (Å²) in [5.41, 5.74) is 0. The van der Waals surface area contributed by atoms with Crippen LogP contribution < -0.4 is 0 Å². The molecule has 2 unspecified atom stereocenters. The van der Waals surface area contributed by atoms with Crippen molar-refractivity contribution in [3.05, 3.63) is 25.3 Å². The molecular weight excluding hydrogens is 328 g/mol. The Bertz CT molecular complexity index is 538. The fourth-order valence-corrected chi connectivity index (χ4v) is 5.18. The average molecular weight is 344 g/mol. The molecule has 0 aliphatic carbocycles. The monoisotopic (exact) mass is 344 g/mol. The van der Waals surface area contributed by atoms with Gasteiger partial charge in [-0.3, -0.25) is 8.37 Å². The van der Waals surface area contributed by atoms with Crippen LogP contribution in [-0.4, -0.2) is 56.3 Å². The van der Waals surface area contributed by atoms with E-state index in [0.717, 1.165) is 0 Å². The van der Waals surface area contributed by atoms with Crippen LogP contribution in [-0.2, 0) is 39.4 Å². The van der Waals surface area contributed by atoms with Crippen molar-refractivity contribution in [2.24, 2.45) is 0 Å². The average Bonchev–Trinajstić information content (AvgIpc) is 2.56. The van der Waals surface area contributed by atoms with Gasteiger partial charge in [-0.2, -0.15) is 4.21 Å². The van der Waals surface area contributed by atoms with E-state index in [1.165, 1.54) is 12.2 Å². The first kappa shape index (κ1) is 17.5. The largest absolute Gasteiger partial charge is 0.305 e. The standard InChI is InChI=1S/C10H16O7S3/c1-3-5-19(12,13)7-9-10(17-18(11)16-9)8-20(14,15)6-4-2/h3-4,9-10H,1-2,5-8H2. The third-order valence-electron chi connectivity index (χ3n) is 2.40. The first-order chi connectivity index (χ1) is 9.19. The van der Waals surface area contributed by atoms with Gasteiger partial charge < -0.3 is 0 Å². The highest BCUT2D eigenvalue weighted by Gasteiger charge is 2.40. The molecule has 20 heavy (non-hydrogen) atoms. The minimum Gasteiger partial charge on any atom is -0.261 e. The van der Waals surface area contributed by atoms with Gasteiger partial charge >= 0.3 is 11.4 Å². The van der Waals surface area contributed by atoms with Crippen molar-refractivity contribution in [1.82, 2.24) is 0 Å². The van der Waals surface area contributed by atoms with Crippen molar-refractivity contribution >= 4 is 31.0 Å². The molecule has 7 nitrogen and oxygen atoms in total. The second kappa shape index (κ2) is 6.94. The molecule has 1 rings (SSSR count). The van der Waals surface area contributed by atoms with Gasteiger partial charge in [0.2, 0.25) is 0 Å². The van der Waals surface area contributed by atoms with Gasteiger partial charge in [0.1, 0.15) is 12.2 Å². The Hall–Kier alpha value is -0.550. The summed E-state index contributed by atoms with van der Waals surface area (Å²) in [7, 11) is -7.02. The van der Waals surface area contributed by atoms with E-state index in [0.29, 0.717) is 0 Å². The van der Waals surface area contributed by atoms with E-state index in [9.17, 15) is 21.0 Å². The van der Waals surface area contributed by atoms with Crippen LogP contribution in [0.3, 0.4) is 0 Å². The zero-order valence-corrected chi connectivity index (χ0v) is 13.1. The molecule has 10 heteroatoms. The summed E-state index contributed by atoms with van der Waals surface area (Å²) < 4.78 is 67.5. The quantitative estimate of drug-likeness (QED) is 0.549. The van der Waals surface area contributed by atoms with Crippen LogP contribution in [0.4, 0.5) is 0 Å². The lowest BCUT2D eigenvalue weighted by atomic mass is 10.3. The predicted octanol–water partition coefficient (Wildman–Crippen LogP) is -0.449. The summed E-state index contributed by atoms with van der Waals surface area (Å²) in [5.74, 6) is -1.49. The van der Waals surface area contributed by atoms with Crippen LogP contribution in [0.1, 0.15) is 0 Å². The maximum Gasteiger partial charge on any atom is 0.305 e. The Balaban J connectivity index is 2.82. The summed E-state index contributed by atoms with van der Waals surface area (Å²) in [6.45, 7) is 6.64. The van der Waals surface area contributed by atoms with Gasteiger partial charge in [0.25, 0.3) is 0 Å². The summed E-state index contributed by atoms with van der Waals surface area (Å²) in [6, 6.07) is 0. The van der Waals surface area contributed by atoms with Gasteiger partial charge in [-0.05, 0) is 0 Å². The first-order valence-electron chi connectivity index (χ1n) is 5.58. The van der Waals surface area contributed by atoms with E-state index in [2.05, 4.69) is 13.2 Å². The molecular formula is C10H16O7S3. The van der Waals surface area contributed by atoms with Crippen LogP contribution in [0.2, 0.25) is 0 Å². The Morgan fingerprint density at radius 1 is 0.900 bits per heavy atom. The topological polar surface area (TPSA) is 104 Å². The van der Waals surface area contributed by atoms with Gasteiger partial charge in [-0.1, -0.05) is 12.2 Å². The van der Waals surface area contributed by atoms with Gasteiger partial charge in [0, 0.05) is 0 Å². The lowest BCUT2D eigenvalue weighted by Gasteiger charge is -2.14. The molecule has 1 fully saturated rings. The molecule has 0 N–H and O–H groups in total. The molecule has 1 heterocycles. The summed E-state index contributed by atoms with van der Waals surface area (Å²) >= 11 is -2.14. The van der Waals surface area contributed by atoms with E-state index < -0.39 is 54.7 Å². The van der Waals surface area contributed by atoms with E-state index >= 15 is 0 Å². The maximum atomic E-state index is 11.7. The molecule has 0 bridgehead atoms. The third-order valence-corrected chi connectivity index (χ3v) is 6.37. The van der Waals surface area contributed by atoms with Crippen LogP contribution >= 0.6 is 0 Å². The molecule has 0 radical (unpaired) electrons. The highest BCUT2D eigenvalue weighted by atomic mass is 32.2. The Labute approximate surface area is 121 Å². The molecule has 116 valence electrons. The molecule has 0 amide bonds. The predicted molar refractivity (Wildman–Crippen MR) is 75.6 cm³/mol. The minimum absolute atomic E-state index is 0.272. The van der Waals surface area contributed by atoms with Gasteiger partial charge in [-0.15, -0.1) is 13.2 Å². The lowest BCUT2D eigenvalue weighted by Crippen LogP contribution is -2.36. The normalized spacial score (nSPS) is 27.3. The molecule has 0 aromatic heterocycles. The molecule has 1 aliphatic heterocycles. The third kappa shape index (κ3) is 5.44. The molecule has 0 spiro atoms. The maximum absolute atomic E-state index is 11.7. The van der Waals surface area contributed by atoms with Gasteiger partial charge in [0.05, 0.1) is 23.0 Å². The highest BCUT2D eigenvalue weighted by Crippen LogP contribution is 2.21. The SMILES string of the molecule is C=CCS(=O)(=O)CC1OS(=O)OC1CS(=O)(=O)CC=C. The van der Waals surface area contributed by atoms with E-state index in [4.69, 9.17) is 8.37 Å². The Kier molecular flexibility index (Phi) is 6.07. The molecule has 1 aliphatic rings. The van der Waals surface area contributed by atoms with Crippen molar-refractivity contribution in [2.45, 2.75) is 12.2 Å². The van der Waals surface area contributed by atoms with E-state index in [1.54, 1.807) is 0 Å². The molecule has 0 aromatic rings. The first-order valence-corrected chi connectivity index (χ1v) is 10.2. The number of hydrogen-bond donors (Lipinski definition) is 0. The smallest absolute Gasteiger partial charge is 0.261 e. The van der Waals surface area contributed by atoms with Crippen LogP contribution in [0, 0.1) is 0 Å². The van der Waals surface area contributed by atoms with Gasteiger partial charge in [-0.25, -0.2) is 16.8 Å². The second-order valence-corrected chi connectivity index (χ2v) is 9.31. The summed E-state index contributed by atoms with van der Waals surface area (Å²) in [5, 5.41) is 0. The lowest BCUT2D eigenvalue weighted by molar-refractivity contribution is 0.191. The van der Waals surface area contributed by atoms with E-state index in [1.807, 2.05) is 0 Å². The molecule has 2 atom stereocenters. The van der Waals surface area contributed by atoms with Crippen molar-refractivity contribution in [3.63, 3.8) is 0 Å². The number of rotatable bonds is 8. The molecule has 0 saturated carbocycles. The number of sulfone groups is 2. The van der Waals surface area contributed by atoms with Crippen LogP contribution in [0.15, 0.2) is 25.3 Å². The fraction of sp³-hybridized carbons (Fsp3) is 0.600. The Morgan fingerprint density at radius 2 is 1.25 bits per heavy atom. The van der Waals surface area contributed by atoms with Gasteiger partial charge in [0.15, 0.2) is 19.7 Å². The zero-order valence-electron chi connectivity index (χ0n) is 10.6. The van der Waals surface area contributed by atoms with E-state index in [-0.39, 0.29) is 11.5 Å². The summed E-state index contributed by atoms with van der Waals surface area (Å²) in [4.78, 5) is 0. The Morgan fingerprint density at radius 3 is 1.55 bits per heavy atom.